The lowest BCUT2D eigenvalue weighted by Gasteiger charge is -2.25. The summed E-state index contributed by atoms with van der Waals surface area (Å²) in [6, 6.07) is 8.55. The quantitative estimate of drug-likeness (QED) is 0.806. The first-order valence-electron chi connectivity index (χ1n) is 6.75. The summed E-state index contributed by atoms with van der Waals surface area (Å²) < 4.78 is 11.4. The molecule has 2 atom stereocenters. The molecular weight excluding hydrogens is 226 g/mol. The highest BCUT2D eigenvalue weighted by Gasteiger charge is 2.24. The molecule has 0 heterocycles. The Morgan fingerprint density at radius 2 is 2.17 bits per heavy atom. The van der Waals surface area contributed by atoms with Crippen molar-refractivity contribution < 1.29 is 9.47 Å². The van der Waals surface area contributed by atoms with E-state index in [2.05, 4.69) is 30.4 Å². The highest BCUT2D eigenvalue weighted by molar-refractivity contribution is 5.31. The van der Waals surface area contributed by atoms with Gasteiger partial charge in [-0.15, -0.1) is 0 Å². The van der Waals surface area contributed by atoms with E-state index < -0.39 is 0 Å². The number of benzene rings is 1. The van der Waals surface area contributed by atoms with Crippen LogP contribution in [-0.2, 0) is 4.74 Å². The number of rotatable bonds is 7. The topological polar surface area (TPSA) is 30.5 Å². The van der Waals surface area contributed by atoms with Crippen LogP contribution in [0, 0.1) is 0 Å². The molecule has 18 heavy (non-hydrogen) atoms. The van der Waals surface area contributed by atoms with E-state index in [1.54, 1.807) is 7.11 Å². The first kappa shape index (κ1) is 13.4. The molecule has 1 aromatic rings. The van der Waals surface area contributed by atoms with Crippen molar-refractivity contribution in [2.75, 3.05) is 14.2 Å². The molecule has 1 N–H and O–H groups in total. The largest absolute Gasteiger partial charge is 0.490 e. The van der Waals surface area contributed by atoms with Crippen LogP contribution in [0.3, 0.4) is 0 Å². The van der Waals surface area contributed by atoms with Crippen LogP contribution in [0.15, 0.2) is 24.3 Å². The van der Waals surface area contributed by atoms with Gasteiger partial charge < -0.3 is 14.8 Å². The van der Waals surface area contributed by atoms with Gasteiger partial charge in [-0.3, -0.25) is 0 Å². The zero-order valence-electron chi connectivity index (χ0n) is 11.5. The number of likely N-dealkylation sites (N-methyl/N-ethyl adjacent to an activating group) is 1. The molecule has 1 saturated carbocycles. The van der Waals surface area contributed by atoms with Crippen molar-refractivity contribution in [3.63, 3.8) is 0 Å². The second-order valence-corrected chi connectivity index (χ2v) is 4.84. The molecule has 3 heteroatoms. The number of hydrogen-bond donors (Lipinski definition) is 1. The summed E-state index contributed by atoms with van der Waals surface area (Å²) >= 11 is 0. The molecule has 0 saturated heterocycles. The SMILES string of the molecule is CCC(OC)C(NC)c1cccc(OC2CC2)c1. The van der Waals surface area contributed by atoms with Crippen molar-refractivity contribution in [2.45, 2.75) is 44.4 Å². The van der Waals surface area contributed by atoms with Crippen LogP contribution >= 0.6 is 0 Å². The van der Waals surface area contributed by atoms with Gasteiger partial charge in [0.05, 0.1) is 18.2 Å². The van der Waals surface area contributed by atoms with Crippen LogP contribution in [0.25, 0.3) is 0 Å². The summed E-state index contributed by atoms with van der Waals surface area (Å²) in [6.45, 7) is 2.14. The summed E-state index contributed by atoms with van der Waals surface area (Å²) in [5.74, 6) is 0.973. The van der Waals surface area contributed by atoms with E-state index in [4.69, 9.17) is 9.47 Å². The third-order valence-corrected chi connectivity index (χ3v) is 3.43. The Labute approximate surface area is 109 Å². The molecule has 2 rings (SSSR count). The van der Waals surface area contributed by atoms with Crippen molar-refractivity contribution in [3.05, 3.63) is 29.8 Å². The summed E-state index contributed by atoms with van der Waals surface area (Å²) in [5.41, 5.74) is 1.23. The smallest absolute Gasteiger partial charge is 0.120 e. The van der Waals surface area contributed by atoms with E-state index in [1.165, 1.54) is 18.4 Å². The van der Waals surface area contributed by atoms with Gasteiger partial charge in [-0.05, 0) is 44.0 Å². The van der Waals surface area contributed by atoms with Gasteiger partial charge in [-0.2, -0.15) is 0 Å². The molecule has 0 spiro atoms. The lowest BCUT2D eigenvalue weighted by molar-refractivity contribution is 0.0675. The van der Waals surface area contributed by atoms with E-state index in [-0.39, 0.29) is 12.1 Å². The standard InChI is InChI=1S/C15H23NO2/c1-4-14(17-3)15(16-2)11-6-5-7-13(10-11)18-12-8-9-12/h5-7,10,12,14-16H,4,8-9H2,1-3H3. The highest BCUT2D eigenvalue weighted by atomic mass is 16.5. The lowest BCUT2D eigenvalue weighted by atomic mass is 9.99. The minimum atomic E-state index is 0.186. The van der Waals surface area contributed by atoms with E-state index in [1.807, 2.05) is 13.1 Å². The molecule has 3 nitrogen and oxygen atoms in total. The van der Waals surface area contributed by atoms with Crippen molar-refractivity contribution in [1.29, 1.82) is 0 Å². The van der Waals surface area contributed by atoms with Crippen LogP contribution in [-0.4, -0.2) is 26.4 Å². The Morgan fingerprint density at radius 1 is 1.39 bits per heavy atom. The molecule has 1 aromatic carbocycles. The van der Waals surface area contributed by atoms with E-state index in [9.17, 15) is 0 Å². The molecule has 100 valence electrons. The monoisotopic (exact) mass is 249 g/mol. The van der Waals surface area contributed by atoms with E-state index in [0.717, 1.165) is 12.2 Å². The molecule has 1 aliphatic rings. The Hall–Kier alpha value is -1.06. The second-order valence-electron chi connectivity index (χ2n) is 4.84. The molecule has 0 radical (unpaired) electrons. The summed E-state index contributed by atoms with van der Waals surface area (Å²) in [7, 11) is 3.74. The third-order valence-electron chi connectivity index (χ3n) is 3.43. The van der Waals surface area contributed by atoms with Gasteiger partial charge >= 0.3 is 0 Å². The lowest BCUT2D eigenvalue weighted by Crippen LogP contribution is -2.30. The maximum Gasteiger partial charge on any atom is 0.120 e. The predicted octanol–water partition coefficient (Wildman–Crippen LogP) is 2.91. The van der Waals surface area contributed by atoms with Crippen LogP contribution in [0.5, 0.6) is 5.75 Å². The molecule has 0 bridgehead atoms. The van der Waals surface area contributed by atoms with Gasteiger partial charge in [-0.1, -0.05) is 19.1 Å². The number of ether oxygens (including phenoxy) is 2. The zero-order valence-corrected chi connectivity index (χ0v) is 11.5. The summed E-state index contributed by atoms with van der Waals surface area (Å²) in [5, 5.41) is 3.34. The number of methoxy groups -OCH3 is 1. The second kappa shape index (κ2) is 6.21. The van der Waals surface area contributed by atoms with Crippen LogP contribution in [0.1, 0.15) is 37.8 Å². The summed E-state index contributed by atoms with van der Waals surface area (Å²) in [6.07, 6.45) is 3.99. The van der Waals surface area contributed by atoms with E-state index >= 15 is 0 Å². The van der Waals surface area contributed by atoms with Gasteiger partial charge in [-0.25, -0.2) is 0 Å². The van der Waals surface area contributed by atoms with Gasteiger partial charge in [0.15, 0.2) is 0 Å². The van der Waals surface area contributed by atoms with Crippen LogP contribution < -0.4 is 10.1 Å². The van der Waals surface area contributed by atoms with Gasteiger partial charge in [0.1, 0.15) is 5.75 Å². The fourth-order valence-corrected chi connectivity index (χ4v) is 2.27. The zero-order chi connectivity index (χ0) is 13.0. The number of nitrogens with one attached hydrogen (secondary N) is 1. The van der Waals surface area contributed by atoms with Gasteiger partial charge in [0.2, 0.25) is 0 Å². The normalized spacial score (nSPS) is 18.4. The fourth-order valence-electron chi connectivity index (χ4n) is 2.27. The Morgan fingerprint density at radius 3 is 2.72 bits per heavy atom. The first-order valence-corrected chi connectivity index (χ1v) is 6.75. The number of hydrogen-bond acceptors (Lipinski definition) is 3. The Kier molecular flexibility index (Phi) is 4.61. The minimum absolute atomic E-state index is 0.186. The van der Waals surface area contributed by atoms with Crippen LogP contribution in [0.2, 0.25) is 0 Å². The molecule has 2 unspecified atom stereocenters. The highest BCUT2D eigenvalue weighted by Crippen LogP contribution is 2.29. The molecule has 0 aliphatic heterocycles. The van der Waals surface area contributed by atoms with Gasteiger partial charge in [0.25, 0.3) is 0 Å². The third kappa shape index (κ3) is 3.24. The maximum absolute atomic E-state index is 5.84. The molecule has 0 amide bonds. The molecular formula is C15H23NO2. The van der Waals surface area contributed by atoms with E-state index in [0.29, 0.717) is 6.10 Å². The molecule has 1 fully saturated rings. The average Bonchev–Trinajstić information content (AvgIpc) is 3.20. The minimum Gasteiger partial charge on any atom is -0.490 e. The van der Waals surface area contributed by atoms with Crippen molar-refractivity contribution in [3.8, 4) is 5.75 Å². The van der Waals surface area contributed by atoms with Crippen molar-refractivity contribution >= 4 is 0 Å². The van der Waals surface area contributed by atoms with Crippen molar-refractivity contribution in [1.82, 2.24) is 5.32 Å². The predicted molar refractivity (Wildman–Crippen MR) is 73.0 cm³/mol. The maximum atomic E-state index is 5.84. The molecule has 0 aromatic heterocycles. The molecule has 1 aliphatic carbocycles. The first-order chi connectivity index (χ1) is 8.78. The average molecular weight is 249 g/mol. The fraction of sp³-hybridized carbons (Fsp3) is 0.600. The Balaban J connectivity index is 2.13. The van der Waals surface area contributed by atoms with Crippen molar-refractivity contribution in [2.24, 2.45) is 0 Å². The Bertz CT molecular complexity index is 373. The van der Waals surface area contributed by atoms with Crippen LogP contribution in [0.4, 0.5) is 0 Å². The van der Waals surface area contributed by atoms with Gasteiger partial charge in [0, 0.05) is 7.11 Å². The summed E-state index contributed by atoms with van der Waals surface area (Å²) in [4.78, 5) is 0.